The third-order valence-corrected chi connectivity index (χ3v) is 4.34. The molecule has 1 amide bonds. The number of fused-ring (bicyclic) bond motifs is 1. The van der Waals surface area contributed by atoms with E-state index < -0.39 is 0 Å². The quantitative estimate of drug-likeness (QED) is 0.790. The van der Waals surface area contributed by atoms with Gasteiger partial charge in [0.25, 0.3) is 5.91 Å². The van der Waals surface area contributed by atoms with Gasteiger partial charge in [-0.1, -0.05) is 30.3 Å². The van der Waals surface area contributed by atoms with Crippen LogP contribution >= 0.6 is 0 Å². The summed E-state index contributed by atoms with van der Waals surface area (Å²) >= 11 is 0. The van der Waals surface area contributed by atoms with E-state index in [4.69, 9.17) is 5.26 Å². The van der Waals surface area contributed by atoms with Crippen LogP contribution in [0.25, 0.3) is 0 Å². The van der Waals surface area contributed by atoms with Crippen molar-refractivity contribution < 1.29 is 4.79 Å². The van der Waals surface area contributed by atoms with Crippen molar-refractivity contribution in [3.8, 4) is 6.07 Å². The van der Waals surface area contributed by atoms with E-state index in [1.165, 1.54) is 11.9 Å². The van der Waals surface area contributed by atoms with Crippen molar-refractivity contribution in [3.63, 3.8) is 0 Å². The van der Waals surface area contributed by atoms with Crippen LogP contribution in [-0.4, -0.2) is 22.4 Å². The van der Waals surface area contributed by atoms with Crippen LogP contribution in [0.3, 0.4) is 0 Å². The molecule has 0 bridgehead atoms. The number of hydrogen-bond donors (Lipinski definition) is 1. The summed E-state index contributed by atoms with van der Waals surface area (Å²) in [6.07, 6.45) is 2.33. The van der Waals surface area contributed by atoms with Crippen molar-refractivity contribution in [2.45, 2.75) is 6.42 Å². The molecule has 0 unspecified atom stereocenters. The number of amides is 1. The second kappa shape index (κ2) is 6.65. The summed E-state index contributed by atoms with van der Waals surface area (Å²) in [7, 11) is 0. The van der Waals surface area contributed by atoms with E-state index in [1.54, 1.807) is 30.3 Å². The van der Waals surface area contributed by atoms with Crippen molar-refractivity contribution in [1.82, 2.24) is 9.97 Å². The molecule has 1 aromatic heterocycles. The highest BCUT2D eigenvalue weighted by atomic mass is 16.1. The first kappa shape index (κ1) is 15.8. The molecule has 0 fully saturated rings. The lowest BCUT2D eigenvalue weighted by Crippen LogP contribution is -2.18. The standard InChI is InChI=1S/C20H15N5O/c21-12-15-6-1-3-7-16(15)24-20(26)17-11-19(23-13-22-17)25-10-9-14-5-2-4-8-18(14)25/h1-8,11,13H,9-10H2,(H,24,26). The molecule has 0 radical (unpaired) electrons. The van der Waals surface area contributed by atoms with Crippen LogP contribution in [0.1, 0.15) is 21.6 Å². The molecule has 3 aromatic rings. The van der Waals surface area contributed by atoms with Gasteiger partial charge < -0.3 is 10.2 Å². The summed E-state index contributed by atoms with van der Waals surface area (Å²) in [4.78, 5) is 23.1. The summed E-state index contributed by atoms with van der Waals surface area (Å²) in [5, 5.41) is 11.9. The van der Waals surface area contributed by atoms with Crippen molar-refractivity contribution in [3.05, 3.63) is 77.7 Å². The van der Waals surface area contributed by atoms with Gasteiger partial charge in [-0.2, -0.15) is 5.26 Å². The molecule has 0 atom stereocenters. The minimum atomic E-state index is -0.371. The van der Waals surface area contributed by atoms with Gasteiger partial charge in [-0.15, -0.1) is 0 Å². The number of aromatic nitrogens is 2. The highest BCUT2D eigenvalue weighted by Gasteiger charge is 2.22. The monoisotopic (exact) mass is 341 g/mol. The Morgan fingerprint density at radius 2 is 1.92 bits per heavy atom. The number of nitrogens with zero attached hydrogens (tertiary/aromatic N) is 4. The Bertz CT molecular complexity index is 1020. The first-order valence-corrected chi connectivity index (χ1v) is 8.24. The molecule has 26 heavy (non-hydrogen) atoms. The van der Waals surface area contributed by atoms with Crippen molar-refractivity contribution in [2.24, 2.45) is 0 Å². The number of para-hydroxylation sites is 2. The van der Waals surface area contributed by atoms with Gasteiger partial charge >= 0.3 is 0 Å². The maximum atomic E-state index is 12.6. The normalized spacial score (nSPS) is 12.3. The third kappa shape index (κ3) is 2.87. The predicted molar refractivity (Wildman–Crippen MR) is 98.3 cm³/mol. The maximum Gasteiger partial charge on any atom is 0.274 e. The number of hydrogen-bond acceptors (Lipinski definition) is 5. The number of benzene rings is 2. The summed E-state index contributed by atoms with van der Waals surface area (Å²) in [5.41, 5.74) is 3.50. The van der Waals surface area contributed by atoms with Gasteiger partial charge in [0.1, 0.15) is 23.9 Å². The van der Waals surface area contributed by atoms with E-state index in [2.05, 4.69) is 32.3 Å². The number of nitriles is 1. The largest absolute Gasteiger partial charge is 0.326 e. The molecule has 0 spiro atoms. The zero-order valence-corrected chi connectivity index (χ0v) is 13.9. The number of rotatable bonds is 3. The lowest BCUT2D eigenvalue weighted by molar-refractivity contribution is 0.102. The summed E-state index contributed by atoms with van der Waals surface area (Å²) in [5.74, 6) is 0.313. The molecule has 126 valence electrons. The molecular weight excluding hydrogens is 326 g/mol. The molecule has 2 aromatic carbocycles. The van der Waals surface area contributed by atoms with Gasteiger partial charge in [-0.25, -0.2) is 9.97 Å². The van der Waals surface area contributed by atoms with E-state index in [1.807, 2.05) is 18.2 Å². The number of carbonyl (C=O) groups is 1. The molecule has 4 rings (SSSR count). The van der Waals surface area contributed by atoms with Gasteiger partial charge in [0, 0.05) is 18.3 Å². The first-order chi connectivity index (χ1) is 12.8. The molecule has 0 saturated carbocycles. The highest BCUT2D eigenvalue weighted by Crippen LogP contribution is 2.33. The third-order valence-electron chi connectivity index (χ3n) is 4.34. The topological polar surface area (TPSA) is 81.9 Å². The summed E-state index contributed by atoms with van der Waals surface area (Å²) in [6, 6.07) is 18.8. The van der Waals surface area contributed by atoms with Crippen LogP contribution in [0, 0.1) is 11.3 Å². The molecule has 1 aliphatic rings. The van der Waals surface area contributed by atoms with Crippen molar-refractivity contribution in [2.75, 3.05) is 16.8 Å². The molecule has 1 aliphatic heterocycles. The molecule has 6 heteroatoms. The van der Waals surface area contributed by atoms with E-state index in [9.17, 15) is 4.79 Å². The predicted octanol–water partition coefficient (Wildman–Crippen LogP) is 3.29. The Hall–Kier alpha value is -3.72. The van der Waals surface area contributed by atoms with Gasteiger partial charge in [0.15, 0.2) is 0 Å². The van der Waals surface area contributed by atoms with E-state index in [-0.39, 0.29) is 11.6 Å². The van der Waals surface area contributed by atoms with Crippen LogP contribution in [0.5, 0.6) is 0 Å². The molecule has 1 N–H and O–H groups in total. The average molecular weight is 341 g/mol. The van der Waals surface area contributed by atoms with Crippen LogP contribution in [-0.2, 0) is 6.42 Å². The van der Waals surface area contributed by atoms with Gasteiger partial charge in [-0.05, 0) is 30.2 Å². The van der Waals surface area contributed by atoms with Crippen molar-refractivity contribution in [1.29, 1.82) is 5.26 Å². The van der Waals surface area contributed by atoms with Crippen LogP contribution < -0.4 is 10.2 Å². The zero-order valence-electron chi connectivity index (χ0n) is 13.9. The van der Waals surface area contributed by atoms with Crippen LogP contribution in [0.2, 0.25) is 0 Å². The smallest absolute Gasteiger partial charge is 0.274 e. The van der Waals surface area contributed by atoms with Crippen molar-refractivity contribution >= 4 is 23.1 Å². The zero-order chi connectivity index (χ0) is 17.9. The maximum absolute atomic E-state index is 12.6. The molecule has 0 saturated heterocycles. The summed E-state index contributed by atoms with van der Waals surface area (Å²) in [6.45, 7) is 0.814. The highest BCUT2D eigenvalue weighted by molar-refractivity contribution is 6.04. The lowest BCUT2D eigenvalue weighted by Gasteiger charge is -2.18. The number of carbonyl (C=O) groups excluding carboxylic acids is 1. The lowest BCUT2D eigenvalue weighted by atomic mass is 10.2. The Balaban J connectivity index is 1.61. The Morgan fingerprint density at radius 1 is 1.12 bits per heavy atom. The fourth-order valence-corrected chi connectivity index (χ4v) is 3.07. The number of nitrogens with one attached hydrogen (secondary N) is 1. The average Bonchev–Trinajstić information content (AvgIpc) is 3.12. The molecular formula is C20H15N5O. The molecule has 0 aliphatic carbocycles. The SMILES string of the molecule is N#Cc1ccccc1NC(=O)c1cc(N2CCc3ccccc32)ncn1. The minimum absolute atomic E-state index is 0.257. The second-order valence-electron chi connectivity index (χ2n) is 5.90. The second-order valence-corrected chi connectivity index (χ2v) is 5.90. The van der Waals surface area contributed by atoms with E-state index in [0.717, 1.165) is 18.7 Å². The number of anilines is 3. The fourth-order valence-electron chi connectivity index (χ4n) is 3.07. The minimum Gasteiger partial charge on any atom is -0.326 e. The first-order valence-electron chi connectivity index (χ1n) is 8.24. The summed E-state index contributed by atoms with van der Waals surface area (Å²) < 4.78 is 0. The molecule has 6 nitrogen and oxygen atoms in total. The Kier molecular flexibility index (Phi) is 4.04. The molecule has 2 heterocycles. The fraction of sp³-hybridized carbons (Fsp3) is 0.100. The van der Waals surface area contributed by atoms with Crippen LogP contribution in [0.15, 0.2) is 60.9 Å². The van der Waals surface area contributed by atoms with Gasteiger partial charge in [-0.3, -0.25) is 4.79 Å². The Morgan fingerprint density at radius 3 is 2.81 bits per heavy atom. The van der Waals surface area contributed by atoms with E-state index in [0.29, 0.717) is 17.1 Å². The van der Waals surface area contributed by atoms with Gasteiger partial charge in [0.2, 0.25) is 0 Å². The van der Waals surface area contributed by atoms with Gasteiger partial charge in [0.05, 0.1) is 11.3 Å². The van der Waals surface area contributed by atoms with E-state index >= 15 is 0 Å². The Labute approximate surface area is 150 Å². The van der Waals surface area contributed by atoms with Crippen LogP contribution in [0.4, 0.5) is 17.2 Å².